The minimum absolute atomic E-state index is 0.145. The summed E-state index contributed by atoms with van der Waals surface area (Å²) in [4.78, 5) is 0.145. The summed E-state index contributed by atoms with van der Waals surface area (Å²) in [6.45, 7) is 0. The van der Waals surface area contributed by atoms with Crippen molar-refractivity contribution in [2.45, 2.75) is 36.0 Å². The number of rotatable bonds is 5. The number of aliphatic hydroxyl groups is 1. The largest absolute Gasteiger partial charge is 0.497 e. The predicted molar refractivity (Wildman–Crippen MR) is 73.1 cm³/mol. The van der Waals surface area contributed by atoms with E-state index in [9.17, 15) is 13.5 Å². The molecule has 7 heteroatoms. The van der Waals surface area contributed by atoms with E-state index in [1.807, 2.05) is 0 Å². The number of hydrogen-bond donors (Lipinski definition) is 2. The van der Waals surface area contributed by atoms with Crippen LogP contribution in [-0.4, -0.2) is 46.0 Å². The van der Waals surface area contributed by atoms with Gasteiger partial charge < -0.3 is 14.6 Å². The number of nitrogens with one attached hydrogen (secondary N) is 1. The van der Waals surface area contributed by atoms with Crippen molar-refractivity contribution in [3.8, 4) is 5.75 Å². The lowest BCUT2D eigenvalue weighted by atomic mass is 10.2. The minimum Gasteiger partial charge on any atom is -0.497 e. The molecule has 0 heterocycles. The van der Waals surface area contributed by atoms with Crippen LogP contribution in [0.1, 0.15) is 12.8 Å². The van der Waals surface area contributed by atoms with Gasteiger partial charge in [-0.15, -0.1) is 0 Å². The molecule has 0 aliphatic heterocycles. The monoisotopic (exact) mass is 301 g/mol. The van der Waals surface area contributed by atoms with E-state index < -0.39 is 22.2 Å². The van der Waals surface area contributed by atoms with Crippen molar-refractivity contribution in [2.75, 3.05) is 14.2 Å². The zero-order chi connectivity index (χ0) is 14.8. The molecule has 0 aromatic heterocycles. The Morgan fingerprint density at radius 2 is 1.85 bits per heavy atom. The molecule has 6 nitrogen and oxygen atoms in total. The van der Waals surface area contributed by atoms with Crippen LogP contribution < -0.4 is 9.46 Å². The topological polar surface area (TPSA) is 84.9 Å². The molecule has 0 bridgehead atoms. The van der Waals surface area contributed by atoms with Gasteiger partial charge in [0.2, 0.25) is 10.0 Å². The van der Waals surface area contributed by atoms with Crippen molar-refractivity contribution in [1.29, 1.82) is 0 Å². The molecule has 0 amide bonds. The second-order valence-corrected chi connectivity index (χ2v) is 6.46. The maximum absolute atomic E-state index is 12.2. The van der Waals surface area contributed by atoms with Crippen LogP contribution in [0.25, 0.3) is 0 Å². The minimum atomic E-state index is -3.65. The molecule has 2 N–H and O–H groups in total. The highest BCUT2D eigenvalue weighted by Crippen LogP contribution is 2.24. The second kappa shape index (κ2) is 6.09. The van der Waals surface area contributed by atoms with E-state index in [1.165, 1.54) is 26.4 Å². The number of ether oxygens (including phenoxy) is 2. The van der Waals surface area contributed by atoms with Crippen molar-refractivity contribution < 1.29 is 23.0 Å². The van der Waals surface area contributed by atoms with Crippen LogP contribution in [0.3, 0.4) is 0 Å². The van der Waals surface area contributed by atoms with Gasteiger partial charge in [-0.1, -0.05) is 0 Å². The van der Waals surface area contributed by atoms with Gasteiger partial charge in [0, 0.05) is 7.11 Å². The molecule has 2 rings (SSSR count). The van der Waals surface area contributed by atoms with E-state index in [1.54, 1.807) is 12.1 Å². The Balaban J connectivity index is 2.11. The summed E-state index contributed by atoms with van der Waals surface area (Å²) in [5.74, 6) is 0.587. The first-order chi connectivity index (χ1) is 9.47. The van der Waals surface area contributed by atoms with Crippen LogP contribution in [0.2, 0.25) is 0 Å². The van der Waals surface area contributed by atoms with E-state index in [2.05, 4.69) is 4.72 Å². The number of benzene rings is 1. The Bertz CT molecular complexity index is 542. The number of aliphatic hydroxyl groups excluding tert-OH is 1. The van der Waals surface area contributed by atoms with Crippen LogP contribution in [0.5, 0.6) is 5.75 Å². The van der Waals surface area contributed by atoms with Crippen molar-refractivity contribution in [3.05, 3.63) is 24.3 Å². The fraction of sp³-hybridized carbons (Fsp3) is 0.538. The molecule has 0 unspecified atom stereocenters. The lowest BCUT2D eigenvalue weighted by Crippen LogP contribution is -2.43. The first-order valence-corrected chi connectivity index (χ1v) is 7.83. The van der Waals surface area contributed by atoms with E-state index in [-0.39, 0.29) is 11.0 Å². The van der Waals surface area contributed by atoms with Crippen LogP contribution in [0.15, 0.2) is 29.2 Å². The Kier molecular flexibility index (Phi) is 4.64. The molecule has 1 fully saturated rings. The van der Waals surface area contributed by atoms with Crippen LogP contribution >= 0.6 is 0 Å². The molecule has 1 aromatic carbocycles. The lowest BCUT2D eigenvalue weighted by molar-refractivity contribution is 0.00246. The smallest absolute Gasteiger partial charge is 0.240 e. The number of sulfonamides is 1. The molecule has 1 aromatic rings. The maximum atomic E-state index is 12.2. The standard InChI is InChI=1S/C13H19NO5S/c1-18-9-3-5-10(6-4-9)20(16,17)14-11-7-8-12(19-2)13(11)15/h3-6,11-15H,7-8H2,1-2H3/t11-,12-,13-/m1/s1. The van der Waals surface area contributed by atoms with E-state index >= 15 is 0 Å². The molecule has 1 aliphatic rings. The maximum Gasteiger partial charge on any atom is 0.240 e. The summed E-state index contributed by atoms with van der Waals surface area (Å²) in [6, 6.07) is 5.58. The zero-order valence-corrected chi connectivity index (χ0v) is 12.3. The van der Waals surface area contributed by atoms with Gasteiger partial charge in [-0.05, 0) is 37.1 Å². The van der Waals surface area contributed by atoms with Crippen LogP contribution in [0, 0.1) is 0 Å². The molecule has 0 radical (unpaired) electrons. The fourth-order valence-electron chi connectivity index (χ4n) is 2.35. The Morgan fingerprint density at radius 3 is 2.35 bits per heavy atom. The molecule has 0 saturated heterocycles. The first-order valence-electron chi connectivity index (χ1n) is 6.35. The first kappa shape index (κ1) is 15.2. The molecule has 1 saturated carbocycles. The third-order valence-corrected chi connectivity index (χ3v) is 5.04. The van der Waals surface area contributed by atoms with Crippen LogP contribution in [0.4, 0.5) is 0 Å². The SMILES string of the molecule is COc1ccc(S(=O)(=O)N[C@@H]2CC[C@@H](OC)[C@@H]2O)cc1. The third kappa shape index (κ3) is 3.12. The van der Waals surface area contributed by atoms with Crippen molar-refractivity contribution in [3.63, 3.8) is 0 Å². The molecular weight excluding hydrogens is 282 g/mol. The molecule has 0 spiro atoms. The summed E-state index contributed by atoms with van der Waals surface area (Å²) in [5.41, 5.74) is 0. The van der Waals surface area contributed by atoms with Crippen molar-refractivity contribution >= 4 is 10.0 Å². The van der Waals surface area contributed by atoms with E-state index in [0.29, 0.717) is 18.6 Å². The van der Waals surface area contributed by atoms with Gasteiger partial charge >= 0.3 is 0 Å². The Morgan fingerprint density at radius 1 is 1.20 bits per heavy atom. The second-order valence-electron chi connectivity index (χ2n) is 4.75. The average molecular weight is 301 g/mol. The van der Waals surface area contributed by atoms with Gasteiger partial charge in [0.25, 0.3) is 0 Å². The van der Waals surface area contributed by atoms with Gasteiger partial charge in [-0.25, -0.2) is 13.1 Å². The van der Waals surface area contributed by atoms with E-state index in [4.69, 9.17) is 9.47 Å². The summed E-state index contributed by atoms with van der Waals surface area (Å²) in [7, 11) is -0.631. The van der Waals surface area contributed by atoms with Gasteiger partial charge in [0.15, 0.2) is 0 Å². The fourth-order valence-corrected chi connectivity index (χ4v) is 3.64. The zero-order valence-electron chi connectivity index (χ0n) is 11.4. The predicted octanol–water partition coefficient (Wildman–Crippen LogP) is 0.512. The highest BCUT2D eigenvalue weighted by Gasteiger charge is 2.37. The summed E-state index contributed by atoms with van der Waals surface area (Å²) in [6.07, 6.45) is 0.0364. The quantitative estimate of drug-likeness (QED) is 0.828. The summed E-state index contributed by atoms with van der Waals surface area (Å²) in [5, 5.41) is 9.97. The van der Waals surface area contributed by atoms with Gasteiger partial charge in [0.1, 0.15) is 5.75 Å². The van der Waals surface area contributed by atoms with Crippen molar-refractivity contribution in [1.82, 2.24) is 4.72 Å². The normalized spacial score (nSPS) is 26.6. The molecule has 1 aliphatic carbocycles. The molecule has 3 atom stereocenters. The molecule has 20 heavy (non-hydrogen) atoms. The average Bonchev–Trinajstić information content (AvgIpc) is 2.79. The van der Waals surface area contributed by atoms with Crippen LogP contribution in [-0.2, 0) is 14.8 Å². The van der Waals surface area contributed by atoms with E-state index in [0.717, 1.165) is 0 Å². The highest BCUT2D eigenvalue weighted by molar-refractivity contribution is 7.89. The number of methoxy groups -OCH3 is 2. The third-order valence-electron chi connectivity index (χ3n) is 3.53. The Labute approximate surface area is 118 Å². The van der Waals surface area contributed by atoms with Gasteiger partial charge in [-0.2, -0.15) is 0 Å². The van der Waals surface area contributed by atoms with Gasteiger partial charge in [-0.3, -0.25) is 0 Å². The highest BCUT2D eigenvalue weighted by atomic mass is 32.2. The molecular formula is C13H19NO5S. The summed E-state index contributed by atoms with van der Waals surface area (Å²) >= 11 is 0. The van der Waals surface area contributed by atoms with Crippen molar-refractivity contribution in [2.24, 2.45) is 0 Å². The van der Waals surface area contributed by atoms with Gasteiger partial charge in [0.05, 0.1) is 30.3 Å². The lowest BCUT2D eigenvalue weighted by Gasteiger charge is -2.19. The number of hydrogen-bond acceptors (Lipinski definition) is 5. The summed E-state index contributed by atoms with van der Waals surface area (Å²) < 4.78 is 37.1. The Hall–Kier alpha value is -1.15. The molecule has 112 valence electrons.